The molecular formula is C13H11ClN4O. The fraction of sp³-hybridized carbons (Fsp3) is 0.154. The molecule has 3 aromatic rings. The number of aromatic amines is 1. The summed E-state index contributed by atoms with van der Waals surface area (Å²) in [7, 11) is 0. The monoisotopic (exact) mass is 274 g/mol. The number of fused-ring (bicyclic) bond motifs is 1. The first kappa shape index (κ1) is 11.9. The van der Waals surface area contributed by atoms with Crippen molar-refractivity contribution in [2.45, 2.75) is 13.5 Å². The van der Waals surface area contributed by atoms with Crippen molar-refractivity contribution in [1.82, 2.24) is 9.97 Å². The second kappa shape index (κ2) is 4.85. The highest BCUT2D eigenvalue weighted by Crippen LogP contribution is 2.20. The van der Waals surface area contributed by atoms with Crippen molar-refractivity contribution >= 4 is 28.6 Å². The largest absolute Gasteiger partial charge is 0.464 e. The van der Waals surface area contributed by atoms with Crippen molar-refractivity contribution in [3.63, 3.8) is 0 Å². The first-order chi connectivity index (χ1) is 9.20. The van der Waals surface area contributed by atoms with Gasteiger partial charge in [0, 0.05) is 5.02 Å². The average Bonchev–Trinajstić information content (AvgIpc) is 2.95. The molecule has 0 aliphatic rings. The van der Waals surface area contributed by atoms with Crippen molar-refractivity contribution in [2.24, 2.45) is 10.2 Å². The molecule has 6 heteroatoms. The van der Waals surface area contributed by atoms with Crippen molar-refractivity contribution in [3.8, 4) is 0 Å². The maximum absolute atomic E-state index is 5.90. The molecular weight excluding hydrogens is 264 g/mol. The predicted octanol–water partition coefficient (Wildman–Crippen LogP) is 4.40. The van der Waals surface area contributed by atoms with Crippen LogP contribution < -0.4 is 0 Å². The Kier molecular flexibility index (Phi) is 3.05. The Morgan fingerprint density at radius 1 is 1.32 bits per heavy atom. The zero-order chi connectivity index (χ0) is 13.2. The second-order valence-electron chi connectivity index (χ2n) is 4.13. The predicted molar refractivity (Wildman–Crippen MR) is 72.8 cm³/mol. The minimum absolute atomic E-state index is 0.394. The first-order valence-corrected chi connectivity index (χ1v) is 6.16. The molecule has 0 bridgehead atoms. The highest BCUT2D eigenvalue weighted by atomic mass is 35.5. The van der Waals surface area contributed by atoms with Gasteiger partial charge in [-0.25, -0.2) is 4.98 Å². The van der Waals surface area contributed by atoms with Crippen molar-refractivity contribution < 1.29 is 4.42 Å². The Hall–Kier alpha value is -2.14. The normalized spacial score (nSPS) is 11.7. The molecule has 2 heterocycles. The van der Waals surface area contributed by atoms with Crippen LogP contribution in [0.3, 0.4) is 0 Å². The van der Waals surface area contributed by atoms with Crippen molar-refractivity contribution in [2.75, 3.05) is 0 Å². The number of benzene rings is 1. The Bertz CT molecular complexity index is 744. The Morgan fingerprint density at radius 3 is 3.00 bits per heavy atom. The number of aryl methyl sites for hydroxylation is 1. The van der Waals surface area contributed by atoms with Crippen molar-refractivity contribution in [1.29, 1.82) is 0 Å². The molecule has 1 aromatic carbocycles. The van der Waals surface area contributed by atoms with E-state index in [0.29, 0.717) is 17.5 Å². The van der Waals surface area contributed by atoms with Gasteiger partial charge in [0.15, 0.2) is 0 Å². The molecule has 0 fully saturated rings. The summed E-state index contributed by atoms with van der Waals surface area (Å²) >= 11 is 5.90. The lowest BCUT2D eigenvalue weighted by molar-refractivity contribution is 0.483. The van der Waals surface area contributed by atoms with Crippen LogP contribution in [0.2, 0.25) is 5.02 Å². The van der Waals surface area contributed by atoms with Crippen molar-refractivity contribution in [3.05, 3.63) is 46.9 Å². The molecule has 3 rings (SSSR count). The number of imidazole rings is 1. The highest BCUT2D eigenvalue weighted by Gasteiger charge is 2.02. The molecule has 2 aromatic heterocycles. The lowest BCUT2D eigenvalue weighted by Crippen LogP contribution is -1.73. The number of aromatic nitrogens is 2. The summed E-state index contributed by atoms with van der Waals surface area (Å²) in [6.45, 7) is 2.29. The second-order valence-corrected chi connectivity index (χ2v) is 4.57. The summed E-state index contributed by atoms with van der Waals surface area (Å²) in [6, 6.07) is 9.21. The zero-order valence-corrected chi connectivity index (χ0v) is 11.0. The summed E-state index contributed by atoms with van der Waals surface area (Å²) in [6.07, 6.45) is 0. The molecule has 0 aliphatic heterocycles. The minimum Gasteiger partial charge on any atom is -0.464 e. The fourth-order valence-electron chi connectivity index (χ4n) is 1.76. The number of nitrogens with one attached hydrogen (secondary N) is 1. The van der Waals surface area contributed by atoms with E-state index in [1.54, 1.807) is 12.1 Å². The van der Waals surface area contributed by atoms with Gasteiger partial charge < -0.3 is 9.40 Å². The van der Waals surface area contributed by atoms with E-state index < -0.39 is 0 Å². The molecule has 96 valence electrons. The number of azo groups is 1. The lowest BCUT2D eigenvalue weighted by atomic mass is 10.3. The summed E-state index contributed by atoms with van der Waals surface area (Å²) in [5, 5.41) is 8.74. The van der Waals surface area contributed by atoms with Crippen LogP contribution in [-0.2, 0) is 6.54 Å². The van der Waals surface area contributed by atoms with E-state index in [1.807, 2.05) is 25.1 Å². The van der Waals surface area contributed by atoms with Gasteiger partial charge in [0.2, 0.25) is 5.95 Å². The van der Waals surface area contributed by atoms with Crippen LogP contribution in [0.4, 0.5) is 5.95 Å². The molecule has 19 heavy (non-hydrogen) atoms. The summed E-state index contributed by atoms with van der Waals surface area (Å²) in [5.74, 6) is 2.10. The third kappa shape index (κ3) is 2.66. The minimum atomic E-state index is 0.394. The smallest absolute Gasteiger partial charge is 0.247 e. The Labute approximate surface area is 114 Å². The molecule has 0 spiro atoms. The molecule has 0 atom stereocenters. The molecule has 0 saturated carbocycles. The van der Waals surface area contributed by atoms with Gasteiger partial charge in [0.05, 0.1) is 11.0 Å². The zero-order valence-electron chi connectivity index (χ0n) is 10.2. The van der Waals surface area contributed by atoms with Gasteiger partial charge in [-0.3, -0.25) is 0 Å². The van der Waals surface area contributed by atoms with Crippen LogP contribution in [0.15, 0.2) is 45.0 Å². The summed E-state index contributed by atoms with van der Waals surface area (Å²) in [4.78, 5) is 7.33. The quantitative estimate of drug-likeness (QED) is 0.719. The maximum Gasteiger partial charge on any atom is 0.247 e. The van der Waals surface area contributed by atoms with Gasteiger partial charge in [-0.1, -0.05) is 11.6 Å². The Balaban J connectivity index is 1.77. The van der Waals surface area contributed by atoms with E-state index in [1.165, 1.54) is 0 Å². The van der Waals surface area contributed by atoms with Crippen LogP contribution in [0.5, 0.6) is 0 Å². The number of hydrogen-bond donors (Lipinski definition) is 1. The van der Waals surface area contributed by atoms with Crippen LogP contribution in [0, 0.1) is 6.92 Å². The van der Waals surface area contributed by atoms with E-state index in [4.69, 9.17) is 16.0 Å². The topological polar surface area (TPSA) is 66.5 Å². The van der Waals surface area contributed by atoms with Gasteiger partial charge in [-0.2, -0.15) is 5.11 Å². The summed E-state index contributed by atoms with van der Waals surface area (Å²) in [5.41, 5.74) is 1.66. The van der Waals surface area contributed by atoms with E-state index in [-0.39, 0.29) is 0 Å². The van der Waals surface area contributed by atoms with Crippen LogP contribution in [0.1, 0.15) is 11.5 Å². The van der Waals surface area contributed by atoms with Gasteiger partial charge in [-0.05, 0) is 37.3 Å². The summed E-state index contributed by atoms with van der Waals surface area (Å²) < 4.78 is 5.39. The number of nitrogens with zero attached hydrogens (tertiary/aromatic N) is 3. The molecule has 0 amide bonds. The molecule has 0 unspecified atom stereocenters. The van der Waals surface area contributed by atoms with Gasteiger partial charge in [0.1, 0.15) is 18.1 Å². The number of rotatable bonds is 3. The van der Waals surface area contributed by atoms with Gasteiger partial charge >= 0.3 is 0 Å². The number of furan rings is 1. The van der Waals surface area contributed by atoms with Crippen LogP contribution >= 0.6 is 11.6 Å². The Morgan fingerprint density at radius 2 is 2.21 bits per heavy atom. The number of H-pyrrole nitrogens is 1. The van der Waals surface area contributed by atoms with E-state index >= 15 is 0 Å². The molecule has 0 radical (unpaired) electrons. The lowest BCUT2D eigenvalue weighted by Gasteiger charge is -1.87. The fourth-order valence-corrected chi connectivity index (χ4v) is 1.93. The molecule has 1 N–H and O–H groups in total. The third-order valence-electron chi connectivity index (χ3n) is 2.62. The van der Waals surface area contributed by atoms with Crippen LogP contribution in [-0.4, -0.2) is 9.97 Å². The molecule has 0 aliphatic carbocycles. The van der Waals surface area contributed by atoms with Gasteiger partial charge in [0.25, 0.3) is 0 Å². The number of hydrogen-bond acceptors (Lipinski definition) is 4. The van der Waals surface area contributed by atoms with E-state index in [2.05, 4.69) is 20.2 Å². The molecule has 0 saturated heterocycles. The first-order valence-electron chi connectivity index (χ1n) is 5.79. The maximum atomic E-state index is 5.90. The average molecular weight is 275 g/mol. The van der Waals surface area contributed by atoms with Crippen LogP contribution in [0.25, 0.3) is 11.0 Å². The van der Waals surface area contributed by atoms with E-state index in [0.717, 1.165) is 22.6 Å². The van der Waals surface area contributed by atoms with E-state index in [9.17, 15) is 0 Å². The third-order valence-corrected chi connectivity index (χ3v) is 2.85. The standard InChI is InChI=1S/C13H11ClN4O/c1-8-2-4-10(19-8)7-15-18-13-16-11-5-3-9(14)6-12(11)17-13/h2-6H,7H2,1H3,(H,16,17). The van der Waals surface area contributed by atoms with Gasteiger partial charge in [-0.15, -0.1) is 5.11 Å². The highest BCUT2D eigenvalue weighted by molar-refractivity contribution is 6.31. The number of halogens is 1. The molecule has 5 nitrogen and oxygen atoms in total. The SMILES string of the molecule is Cc1ccc(CN=Nc2nc3ccc(Cl)cc3[nH]2)o1.